The largest absolute Gasteiger partial charge is 0.396 e. The summed E-state index contributed by atoms with van der Waals surface area (Å²) in [6.07, 6.45) is 2.52. The number of nitrogens with zero attached hydrogens (tertiary/aromatic N) is 2. The molecule has 3 N–H and O–H groups in total. The molecule has 0 aliphatic heterocycles. The fraction of sp³-hybridized carbons (Fsp3) is 0.500. The number of guanidine groups is 1. The molecule has 0 bridgehead atoms. The number of aliphatic hydroxyl groups is 1. The predicted molar refractivity (Wildman–Crippen MR) is 68.9 cm³/mol. The summed E-state index contributed by atoms with van der Waals surface area (Å²) in [6, 6.07) is 5.81. The quantitative estimate of drug-likeness (QED) is 0.498. The van der Waals surface area contributed by atoms with Gasteiger partial charge in [-0.05, 0) is 18.6 Å². The lowest BCUT2D eigenvalue weighted by atomic mass is 10.0. The first-order chi connectivity index (χ1) is 8.30. The second-order valence-electron chi connectivity index (χ2n) is 3.78. The highest BCUT2D eigenvalue weighted by molar-refractivity contribution is 5.79. The number of rotatable bonds is 5. The molecule has 1 unspecified atom stereocenters. The molecule has 0 amide bonds. The summed E-state index contributed by atoms with van der Waals surface area (Å²) in [4.78, 5) is 8.27. The summed E-state index contributed by atoms with van der Waals surface area (Å²) < 4.78 is 0. The van der Waals surface area contributed by atoms with Crippen LogP contribution in [0.3, 0.4) is 0 Å². The van der Waals surface area contributed by atoms with Crippen LogP contribution in [-0.4, -0.2) is 43.3 Å². The fourth-order valence-corrected chi connectivity index (χ4v) is 1.54. The first-order valence-corrected chi connectivity index (χ1v) is 5.69. The highest BCUT2D eigenvalue weighted by Gasteiger charge is 2.09. The van der Waals surface area contributed by atoms with Crippen molar-refractivity contribution in [3.8, 4) is 0 Å². The third-order valence-corrected chi connectivity index (χ3v) is 2.50. The van der Waals surface area contributed by atoms with Gasteiger partial charge in [0.15, 0.2) is 5.96 Å². The van der Waals surface area contributed by atoms with Gasteiger partial charge in [0, 0.05) is 45.1 Å². The van der Waals surface area contributed by atoms with Gasteiger partial charge in [0.2, 0.25) is 0 Å². The fourth-order valence-electron chi connectivity index (χ4n) is 1.54. The Labute approximate surface area is 102 Å². The van der Waals surface area contributed by atoms with Gasteiger partial charge < -0.3 is 15.7 Å². The van der Waals surface area contributed by atoms with Crippen LogP contribution in [0.2, 0.25) is 0 Å². The first-order valence-electron chi connectivity index (χ1n) is 5.69. The summed E-state index contributed by atoms with van der Waals surface area (Å²) in [5.41, 5.74) is 0.993. The number of hydrogen-bond acceptors (Lipinski definition) is 3. The van der Waals surface area contributed by atoms with Crippen LogP contribution in [0, 0.1) is 5.92 Å². The number of aromatic nitrogens is 1. The molecule has 0 fully saturated rings. The lowest BCUT2D eigenvalue weighted by Crippen LogP contribution is -2.39. The Balaban J connectivity index is 2.44. The average Bonchev–Trinajstić information content (AvgIpc) is 2.39. The molecule has 94 valence electrons. The van der Waals surface area contributed by atoms with Crippen molar-refractivity contribution < 1.29 is 5.11 Å². The zero-order chi connectivity index (χ0) is 12.5. The lowest BCUT2D eigenvalue weighted by molar-refractivity contribution is 0.225. The van der Waals surface area contributed by atoms with Crippen LogP contribution in [0.15, 0.2) is 29.4 Å². The number of pyridine rings is 1. The maximum atomic E-state index is 9.32. The Morgan fingerprint density at radius 3 is 2.88 bits per heavy atom. The molecule has 5 heteroatoms. The molecule has 0 saturated heterocycles. The smallest absolute Gasteiger partial charge is 0.190 e. The number of aliphatic imine (C=N–C) groups is 1. The van der Waals surface area contributed by atoms with Crippen LogP contribution in [0.4, 0.5) is 0 Å². The van der Waals surface area contributed by atoms with Crippen LogP contribution in [0.25, 0.3) is 0 Å². The third-order valence-electron chi connectivity index (χ3n) is 2.50. The van der Waals surface area contributed by atoms with Crippen molar-refractivity contribution in [2.24, 2.45) is 10.9 Å². The van der Waals surface area contributed by atoms with Crippen molar-refractivity contribution in [2.75, 3.05) is 27.2 Å². The van der Waals surface area contributed by atoms with E-state index in [1.807, 2.05) is 25.2 Å². The van der Waals surface area contributed by atoms with E-state index in [-0.39, 0.29) is 12.5 Å². The van der Waals surface area contributed by atoms with Gasteiger partial charge in [-0.25, -0.2) is 0 Å². The average molecular weight is 236 g/mol. The van der Waals surface area contributed by atoms with Gasteiger partial charge >= 0.3 is 0 Å². The standard InChI is InChI=1S/C12H20N4O/c1-13-12(14-2)16-8-10(9-17)7-11-5-3-4-6-15-11/h3-6,10,17H,7-9H2,1-2H3,(H2,13,14,16). The summed E-state index contributed by atoms with van der Waals surface area (Å²) in [6.45, 7) is 0.796. The van der Waals surface area contributed by atoms with E-state index in [1.165, 1.54) is 0 Å². The molecule has 0 radical (unpaired) electrons. The number of hydrogen-bond donors (Lipinski definition) is 3. The SMILES string of the molecule is CN=C(NC)NCC(CO)Cc1ccccn1. The van der Waals surface area contributed by atoms with Crippen LogP contribution < -0.4 is 10.6 Å². The van der Waals surface area contributed by atoms with Crippen LogP contribution >= 0.6 is 0 Å². The van der Waals surface area contributed by atoms with Crippen LogP contribution in [-0.2, 0) is 6.42 Å². The molecule has 0 aromatic carbocycles. The van der Waals surface area contributed by atoms with Crippen LogP contribution in [0.5, 0.6) is 0 Å². The van der Waals surface area contributed by atoms with Gasteiger partial charge in [0.05, 0.1) is 0 Å². The van der Waals surface area contributed by atoms with E-state index in [9.17, 15) is 5.11 Å². The topological polar surface area (TPSA) is 69.5 Å². The minimum absolute atomic E-state index is 0.129. The second kappa shape index (κ2) is 7.62. The highest BCUT2D eigenvalue weighted by atomic mass is 16.3. The number of aliphatic hydroxyl groups excluding tert-OH is 1. The highest BCUT2D eigenvalue weighted by Crippen LogP contribution is 2.04. The number of nitrogens with one attached hydrogen (secondary N) is 2. The summed E-state index contributed by atoms with van der Waals surface area (Å²) in [7, 11) is 3.52. The van der Waals surface area contributed by atoms with Crippen molar-refractivity contribution in [3.05, 3.63) is 30.1 Å². The molecule has 1 heterocycles. The summed E-state index contributed by atoms with van der Waals surface area (Å²) >= 11 is 0. The summed E-state index contributed by atoms with van der Waals surface area (Å²) in [5.74, 6) is 0.861. The van der Waals surface area contributed by atoms with Gasteiger partial charge in [-0.15, -0.1) is 0 Å². The molecule has 0 aliphatic carbocycles. The van der Waals surface area contributed by atoms with E-state index in [4.69, 9.17) is 0 Å². The second-order valence-corrected chi connectivity index (χ2v) is 3.78. The van der Waals surface area contributed by atoms with Crippen molar-refractivity contribution >= 4 is 5.96 Å². The molecule has 1 rings (SSSR count). The normalized spacial score (nSPS) is 13.2. The zero-order valence-electron chi connectivity index (χ0n) is 10.3. The molecule has 0 saturated carbocycles. The molecular weight excluding hydrogens is 216 g/mol. The van der Waals surface area contributed by atoms with Crippen molar-refractivity contribution in [3.63, 3.8) is 0 Å². The minimum atomic E-state index is 0.129. The zero-order valence-corrected chi connectivity index (χ0v) is 10.3. The Bertz CT molecular complexity index is 340. The van der Waals surface area contributed by atoms with Gasteiger partial charge in [0.25, 0.3) is 0 Å². The van der Waals surface area contributed by atoms with Gasteiger partial charge in [-0.1, -0.05) is 6.07 Å². The first kappa shape index (κ1) is 13.4. The molecule has 0 aliphatic rings. The van der Waals surface area contributed by atoms with Crippen molar-refractivity contribution in [1.82, 2.24) is 15.6 Å². The Morgan fingerprint density at radius 1 is 1.53 bits per heavy atom. The Kier molecular flexibility index (Phi) is 6.03. The third kappa shape index (κ3) is 4.82. The molecule has 1 aromatic heterocycles. The molecule has 1 aromatic rings. The van der Waals surface area contributed by atoms with E-state index >= 15 is 0 Å². The lowest BCUT2D eigenvalue weighted by Gasteiger charge is -2.16. The monoisotopic (exact) mass is 236 g/mol. The van der Waals surface area contributed by atoms with E-state index in [0.29, 0.717) is 6.54 Å². The molecular formula is C12H20N4O. The molecule has 0 spiro atoms. The molecule has 1 atom stereocenters. The molecule has 17 heavy (non-hydrogen) atoms. The Morgan fingerprint density at radius 2 is 2.35 bits per heavy atom. The van der Waals surface area contributed by atoms with E-state index < -0.39 is 0 Å². The van der Waals surface area contributed by atoms with Crippen LogP contribution in [0.1, 0.15) is 5.69 Å². The maximum Gasteiger partial charge on any atom is 0.190 e. The van der Waals surface area contributed by atoms with E-state index in [1.54, 1.807) is 13.2 Å². The van der Waals surface area contributed by atoms with Gasteiger partial charge in [0.1, 0.15) is 0 Å². The van der Waals surface area contributed by atoms with Crippen molar-refractivity contribution in [1.29, 1.82) is 0 Å². The summed E-state index contributed by atoms with van der Waals surface area (Å²) in [5, 5.41) is 15.4. The Hall–Kier alpha value is -1.62. The van der Waals surface area contributed by atoms with E-state index in [0.717, 1.165) is 18.1 Å². The predicted octanol–water partition coefficient (Wildman–Crippen LogP) is 0.0274. The van der Waals surface area contributed by atoms with E-state index in [2.05, 4.69) is 20.6 Å². The van der Waals surface area contributed by atoms with Crippen molar-refractivity contribution in [2.45, 2.75) is 6.42 Å². The maximum absolute atomic E-state index is 9.32. The van der Waals surface area contributed by atoms with Gasteiger partial charge in [-0.3, -0.25) is 9.98 Å². The molecule has 5 nitrogen and oxygen atoms in total. The van der Waals surface area contributed by atoms with Gasteiger partial charge in [-0.2, -0.15) is 0 Å². The minimum Gasteiger partial charge on any atom is -0.396 e.